The first-order valence-corrected chi connectivity index (χ1v) is 9.89. The van der Waals surface area contributed by atoms with Crippen LogP contribution in [0.5, 0.6) is 17.2 Å². The van der Waals surface area contributed by atoms with E-state index in [0.717, 1.165) is 28.3 Å². The number of thiocarbonyl (C=S) groups is 1. The molecule has 0 bridgehead atoms. The second-order valence-corrected chi connectivity index (χ2v) is 7.11. The van der Waals surface area contributed by atoms with Crippen molar-refractivity contribution in [2.75, 3.05) is 26.6 Å². The Morgan fingerprint density at radius 1 is 0.967 bits per heavy atom. The van der Waals surface area contributed by atoms with Crippen LogP contribution in [0.2, 0.25) is 0 Å². The first-order chi connectivity index (χ1) is 14.5. The minimum Gasteiger partial charge on any atom is -0.495 e. The van der Waals surface area contributed by atoms with Crippen molar-refractivity contribution < 1.29 is 18.6 Å². The van der Waals surface area contributed by atoms with Gasteiger partial charge >= 0.3 is 0 Å². The van der Waals surface area contributed by atoms with Gasteiger partial charge in [0.1, 0.15) is 11.5 Å². The van der Waals surface area contributed by atoms with Crippen molar-refractivity contribution in [3.05, 3.63) is 71.7 Å². The lowest BCUT2D eigenvalue weighted by molar-refractivity contribution is 0.331. The quantitative estimate of drug-likeness (QED) is 0.508. The number of nitrogens with zero attached hydrogens (tertiary/aromatic N) is 1. The van der Waals surface area contributed by atoms with Crippen LogP contribution >= 0.6 is 12.2 Å². The molecule has 0 unspecified atom stereocenters. The van der Waals surface area contributed by atoms with Crippen LogP contribution in [0, 0.1) is 6.92 Å². The van der Waals surface area contributed by atoms with Gasteiger partial charge in [-0.3, -0.25) is 0 Å². The van der Waals surface area contributed by atoms with Crippen molar-refractivity contribution >= 4 is 23.0 Å². The highest BCUT2D eigenvalue weighted by Crippen LogP contribution is 2.32. The number of furan rings is 1. The minimum atomic E-state index is 0.493. The summed E-state index contributed by atoms with van der Waals surface area (Å²) in [6.45, 7) is 3.02. The van der Waals surface area contributed by atoms with Gasteiger partial charge in [-0.05, 0) is 55.0 Å². The predicted octanol–water partition coefficient (Wildman–Crippen LogP) is 5.01. The zero-order valence-electron chi connectivity index (χ0n) is 17.6. The Hall–Kier alpha value is -3.19. The van der Waals surface area contributed by atoms with Crippen LogP contribution in [0.4, 0.5) is 5.69 Å². The Morgan fingerprint density at radius 3 is 2.43 bits per heavy atom. The molecule has 0 saturated carbocycles. The second-order valence-electron chi connectivity index (χ2n) is 6.72. The number of benzene rings is 2. The van der Waals surface area contributed by atoms with Crippen molar-refractivity contribution in [1.29, 1.82) is 0 Å². The van der Waals surface area contributed by atoms with Crippen LogP contribution in [-0.4, -0.2) is 31.3 Å². The fourth-order valence-electron chi connectivity index (χ4n) is 3.19. The zero-order valence-corrected chi connectivity index (χ0v) is 18.4. The van der Waals surface area contributed by atoms with Crippen molar-refractivity contribution in [2.45, 2.75) is 20.0 Å². The fourth-order valence-corrected chi connectivity index (χ4v) is 3.43. The number of para-hydroxylation sites is 1. The lowest BCUT2D eigenvalue weighted by atomic mass is 10.1. The molecule has 2 aromatic carbocycles. The first-order valence-electron chi connectivity index (χ1n) is 9.48. The molecule has 1 heterocycles. The molecule has 3 rings (SSSR count). The Kier molecular flexibility index (Phi) is 7.19. The van der Waals surface area contributed by atoms with Gasteiger partial charge in [0, 0.05) is 12.1 Å². The molecule has 0 aliphatic carbocycles. The van der Waals surface area contributed by atoms with Crippen LogP contribution in [0.3, 0.4) is 0 Å². The lowest BCUT2D eigenvalue weighted by Gasteiger charge is -2.27. The summed E-state index contributed by atoms with van der Waals surface area (Å²) in [5.41, 5.74) is 2.86. The maximum Gasteiger partial charge on any atom is 0.174 e. The van der Waals surface area contributed by atoms with Gasteiger partial charge in [-0.15, -0.1) is 0 Å². The maximum atomic E-state index is 5.77. The summed E-state index contributed by atoms with van der Waals surface area (Å²) in [5.74, 6) is 2.88. The molecule has 3 aromatic rings. The topological polar surface area (TPSA) is 56.1 Å². The second kappa shape index (κ2) is 10.0. The number of anilines is 1. The molecule has 0 aliphatic rings. The highest BCUT2D eigenvalue weighted by Gasteiger charge is 2.18. The standard InChI is InChI=1S/C23H26N2O4S/c1-16-10-11-20(26-2)19(13-16)24-23(30)25(15-18-8-6-12-29-18)14-17-7-5-9-21(27-3)22(17)28-4/h5-13H,14-15H2,1-4H3,(H,24,30). The third-order valence-corrected chi connectivity index (χ3v) is 5.02. The molecule has 0 saturated heterocycles. The molecular formula is C23H26N2O4S. The highest BCUT2D eigenvalue weighted by atomic mass is 32.1. The summed E-state index contributed by atoms with van der Waals surface area (Å²) >= 11 is 5.77. The van der Waals surface area contributed by atoms with Crippen molar-refractivity contribution in [3.8, 4) is 17.2 Å². The Labute approximate surface area is 182 Å². The third-order valence-electron chi connectivity index (χ3n) is 4.66. The van der Waals surface area contributed by atoms with E-state index < -0.39 is 0 Å². The normalized spacial score (nSPS) is 10.4. The Balaban J connectivity index is 1.90. The summed E-state index contributed by atoms with van der Waals surface area (Å²) < 4.78 is 22.1. The van der Waals surface area contributed by atoms with E-state index in [-0.39, 0.29) is 0 Å². The van der Waals surface area contributed by atoms with E-state index in [9.17, 15) is 0 Å². The van der Waals surface area contributed by atoms with E-state index in [1.807, 2.05) is 60.4 Å². The van der Waals surface area contributed by atoms with E-state index in [1.165, 1.54) is 0 Å². The Bertz CT molecular complexity index is 989. The van der Waals surface area contributed by atoms with Gasteiger partial charge in [-0.2, -0.15) is 0 Å². The van der Waals surface area contributed by atoms with Crippen molar-refractivity contribution in [3.63, 3.8) is 0 Å². The molecule has 158 valence electrons. The lowest BCUT2D eigenvalue weighted by Crippen LogP contribution is -2.34. The van der Waals surface area contributed by atoms with Gasteiger partial charge < -0.3 is 28.8 Å². The van der Waals surface area contributed by atoms with Gasteiger partial charge in [0.2, 0.25) is 0 Å². The monoisotopic (exact) mass is 426 g/mol. The minimum absolute atomic E-state index is 0.493. The first kappa shape index (κ1) is 21.5. The largest absolute Gasteiger partial charge is 0.495 e. The van der Waals surface area contributed by atoms with Gasteiger partial charge in [0.15, 0.2) is 16.6 Å². The molecule has 30 heavy (non-hydrogen) atoms. The SMILES string of the molecule is COc1ccc(C)cc1NC(=S)N(Cc1ccco1)Cc1cccc(OC)c1OC. The molecule has 0 radical (unpaired) electrons. The molecule has 0 amide bonds. The maximum absolute atomic E-state index is 5.77. The van der Waals surface area contributed by atoms with Crippen molar-refractivity contribution in [2.24, 2.45) is 0 Å². The summed E-state index contributed by atoms with van der Waals surface area (Å²) in [4.78, 5) is 2.01. The molecule has 1 aromatic heterocycles. The number of hydrogen-bond donors (Lipinski definition) is 1. The average Bonchev–Trinajstić information content (AvgIpc) is 3.26. The fraction of sp³-hybridized carbons (Fsp3) is 0.261. The molecule has 0 spiro atoms. The number of ether oxygens (including phenoxy) is 3. The van der Waals surface area contributed by atoms with E-state index in [0.29, 0.717) is 29.7 Å². The van der Waals surface area contributed by atoms with Crippen LogP contribution in [0.15, 0.2) is 59.2 Å². The van der Waals surface area contributed by atoms with E-state index in [4.69, 9.17) is 30.8 Å². The molecule has 0 aliphatic heterocycles. The molecule has 0 fully saturated rings. The number of nitrogens with one attached hydrogen (secondary N) is 1. The van der Waals surface area contributed by atoms with Crippen LogP contribution in [0.1, 0.15) is 16.9 Å². The van der Waals surface area contributed by atoms with Gasteiger partial charge in [0.05, 0.1) is 39.8 Å². The molecule has 1 N–H and O–H groups in total. The van der Waals surface area contributed by atoms with Gasteiger partial charge in [-0.25, -0.2) is 0 Å². The Morgan fingerprint density at radius 2 is 1.77 bits per heavy atom. The third kappa shape index (κ3) is 5.04. The van der Waals surface area contributed by atoms with Crippen LogP contribution in [-0.2, 0) is 13.1 Å². The average molecular weight is 427 g/mol. The van der Waals surface area contributed by atoms with E-state index in [2.05, 4.69) is 5.32 Å². The summed E-state index contributed by atoms with van der Waals surface area (Å²) in [6, 6.07) is 15.5. The molecular weight excluding hydrogens is 400 g/mol. The molecule has 7 heteroatoms. The van der Waals surface area contributed by atoms with Crippen molar-refractivity contribution in [1.82, 2.24) is 4.90 Å². The smallest absolute Gasteiger partial charge is 0.174 e. The number of aryl methyl sites for hydroxylation is 1. The van der Waals surface area contributed by atoms with Gasteiger partial charge in [-0.1, -0.05) is 18.2 Å². The van der Waals surface area contributed by atoms with Crippen LogP contribution < -0.4 is 19.5 Å². The summed E-state index contributed by atoms with van der Waals surface area (Å²) in [7, 11) is 4.89. The molecule has 6 nitrogen and oxygen atoms in total. The summed E-state index contributed by atoms with van der Waals surface area (Å²) in [6.07, 6.45) is 1.65. The van der Waals surface area contributed by atoms with E-state index >= 15 is 0 Å². The predicted molar refractivity (Wildman–Crippen MR) is 121 cm³/mol. The molecule has 0 atom stereocenters. The number of hydrogen-bond acceptors (Lipinski definition) is 5. The van der Waals surface area contributed by atoms with Crippen LogP contribution in [0.25, 0.3) is 0 Å². The van der Waals surface area contributed by atoms with E-state index in [1.54, 1.807) is 27.6 Å². The zero-order chi connectivity index (χ0) is 21.5. The number of rotatable bonds is 8. The highest BCUT2D eigenvalue weighted by molar-refractivity contribution is 7.80. The summed E-state index contributed by atoms with van der Waals surface area (Å²) in [5, 5.41) is 3.86. The van der Waals surface area contributed by atoms with Gasteiger partial charge in [0.25, 0.3) is 0 Å². The number of methoxy groups -OCH3 is 3.